The second kappa shape index (κ2) is 31.8. The molecule has 4 aliphatic rings. The van der Waals surface area contributed by atoms with Gasteiger partial charge in [0.25, 0.3) is 17.7 Å². The highest BCUT2D eigenvalue weighted by molar-refractivity contribution is 6.11. The van der Waals surface area contributed by atoms with E-state index in [0.29, 0.717) is 75.6 Å². The Balaban J connectivity index is 0.000000112. The van der Waals surface area contributed by atoms with Crippen LogP contribution in [-0.2, 0) is 0 Å². The number of likely N-dealkylation sites (N-methyl/N-ethyl adjacent to an activating group) is 4. The molecule has 16 heterocycles. The van der Waals surface area contributed by atoms with Crippen LogP contribution in [0.2, 0.25) is 0 Å². The minimum Gasteiger partial charge on any atom is -0.369 e. The minimum atomic E-state index is -0.144. The summed E-state index contributed by atoms with van der Waals surface area (Å²) in [6, 6.07) is 52.4. The quantitative estimate of drug-likeness (QED) is 0.0969. The molecule has 12 aromatic heterocycles. The van der Waals surface area contributed by atoms with Gasteiger partial charge in [0.15, 0.2) is 22.6 Å². The van der Waals surface area contributed by atoms with Crippen LogP contribution >= 0.6 is 0 Å². The smallest absolute Gasteiger partial charge is 0.255 e. The Bertz CT molecular complexity index is 6590. The number of fused-ring (bicyclic) bond motifs is 20. The normalized spacial score (nSPS) is 17.1. The summed E-state index contributed by atoms with van der Waals surface area (Å²) in [5.74, 6) is -0.365. The highest BCUT2D eigenvalue weighted by atomic mass is 16.2. The summed E-state index contributed by atoms with van der Waals surface area (Å²) >= 11 is 0. The van der Waals surface area contributed by atoms with E-state index in [1.807, 2.05) is 184 Å². The number of nitriles is 1. The first kappa shape index (κ1) is 76.9. The molecule has 16 aromatic rings. The average molecular weight is 1560 g/mol. The van der Waals surface area contributed by atoms with E-state index < -0.39 is 0 Å². The molecule has 0 bridgehead atoms. The molecule has 27 heteroatoms. The van der Waals surface area contributed by atoms with Crippen LogP contribution in [0.5, 0.6) is 0 Å². The van der Waals surface area contributed by atoms with Gasteiger partial charge in [0.05, 0.1) is 66.4 Å². The van der Waals surface area contributed by atoms with E-state index in [-0.39, 0.29) is 23.8 Å². The lowest BCUT2D eigenvalue weighted by Crippen LogP contribution is -2.31. The predicted molar refractivity (Wildman–Crippen MR) is 468 cm³/mol. The fraction of sp³-hybridized carbons (Fsp3) is 0.333. The van der Waals surface area contributed by atoms with Gasteiger partial charge in [-0.3, -0.25) is 32.0 Å². The average Bonchev–Trinajstić information content (AvgIpc) is 1.63. The van der Waals surface area contributed by atoms with Gasteiger partial charge in [-0.25, -0.2) is 39.9 Å². The third-order valence-corrected chi connectivity index (χ3v) is 23.8. The molecule has 0 saturated carbocycles. The fourth-order valence-electron chi connectivity index (χ4n) is 17.5. The number of anilines is 4. The van der Waals surface area contributed by atoms with Gasteiger partial charge in [-0.15, -0.1) is 0 Å². The van der Waals surface area contributed by atoms with Crippen molar-refractivity contribution in [2.45, 2.75) is 76.7 Å². The number of para-hydroxylation sites is 8. The standard InChI is InChI=1S/C24H28N6O.C23H26N6O.C22H24N6O.C21H20N6/c1-15(2)26-24(31)18-13-17-20(29-12-10-16(14-29)28(3)4)9-11-25-22(17)30-21-8-6-5-7-19(21)27-23(18)30;1-4-24-23(30)17-13-16-19(28-12-10-15(14-28)27(2)3)9-11-25-21(16)29-20-8-6-5-7-18(20)26-22(17)29;1-23-22(29)16-12-15-18(27-11-9-14(13-27)26(2)3)8-10-24-20(15)28-19-7-5-4-6-17(19)25-21(16)28;1-25(2)15-8-10-26(13-15)18-7-9-23-21-16(18)11-14(12-22)20-24-17-5-3-4-6-19(17)27(20)21/h5-9,11,13,15-16H,10,12,14H2,1-4H3,(H,26,31);5-9,11,13,15H,4,10,12,14H2,1-3H3,(H,24,30);4-8,10,12,14H,9,11,13H2,1-3H3,(H,23,29);3-7,9,11,15H,8,10,13H2,1-2H3/t16-;15-;14-;15-/m1111/s1. The number of hydrogen-bond donors (Lipinski definition) is 3. The molecule has 27 nitrogen and oxygen atoms in total. The van der Waals surface area contributed by atoms with E-state index in [9.17, 15) is 19.6 Å². The van der Waals surface area contributed by atoms with Crippen LogP contribution in [0, 0.1) is 11.3 Å². The Morgan fingerprint density at radius 2 is 0.701 bits per heavy atom. The van der Waals surface area contributed by atoms with Crippen LogP contribution < -0.4 is 35.6 Å². The molecule has 117 heavy (non-hydrogen) atoms. The Morgan fingerprint density at radius 1 is 0.410 bits per heavy atom. The Hall–Kier alpha value is -12.7. The van der Waals surface area contributed by atoms with Crippen LogP contribution in [-0.4, -0.2) is 247 Å². The monoisotopic (exact) mass is 1560 g/mol. The van der Waals surface area contributed by atoms with Crippen LogP contribution in [0.15, 0.2) is 170 Å². The second-order valence-corrected chi connectivity index (χ2v) is 32.1. The van der Waals surface area contributed by atoms with E-state index in [1.165, 1.54) is 0 Å². The number of nitrogens with one attached hydrogen (secondary N) is 3. The number of carbonyl (C=O) groups is 3. The number of carbonyl (C=O) groups excluding carboxylic acids is 3. The zero-order valence-electron chi connectivity index (χ0n) is 68.4. The molecule has 3 N–H and O–H groups in total. The van der Waals surface area contributed by atoms with Gasteiger partial charge in [0.1, 0.15) is 28.7 Å². The van der Waals surface area contributed by atoms with Crippen molar-refractivity contribution in [1.29, 1.82) is 5.26 Å². The van der Waals surface area contributed by atoms with Crippen molar-refractivity contribution in [1.82, 2.24) is 93.0 Å². The molecular formula is C90H98N24O3. The molecule has 0 unspecified atom stereocenters. The van der Waals surface area contributed by atoms with Gasteiger partial charge in [0.2, 0.25) is 0 Å². The van der Waals surface area contributed by atoms with E-state index in [4.69, 9.17) is 29.9 Å². The first-order chi connectivity index (χ1) is 56.8. The topological polar surface area (TPSA) is 258 Å². The summed E-state index contributed by atoms with van der Waals surface area (Å²) < 4.78 is 8.09. The number of imidazole rings is 4. The number of rotatable bonds is 13. The van der Waals surface area contributed by atoms with E-state index in [1.54, 1.807) is 7.05 Å². The van der Waals surface area contributed by atoms with Crippen molar-refractivity contribution >= 4 is 151 Å². The lowest BCUT2D eigenvalue weighted by atomic mass is 10.1. The lowest BCUT2D eigenvalue weighted by Gasteiger charge is -2.23. The molecule has 4 saturated heterocycles. The third-order valence-electron chi connectivity index (χ3n) is 23.8. The molecule has 3 amide bonds. The molecule has 0 radical (unpaired) electrons. The van der Waals surface area contributed by atoms with Crippen LogP contribution in [0.4, 0.5) is 22.7 Å². The Kier molecular flexibility index (Phi) is 20.9. The van der Waals surface area contributed by atoms with Gasteiger partial charge in [-0.1, -0.05) is 48.5 Å². The van der Waals surface area contributed by atoms with Crippen molar-refractivity contribution in [2.24, 2.45) is 0 Å². The third kappa shape index (κ3) is 14.1. The van der Waals surface area contributed by atoms with Crippen molar-refractivity contribution < 1.29 is 14.4 Å². The molecule has 4 atom stereocenters. The summed E-state index contributed by atoms with van der Waals surface area (Å²) in [4.78, 5) is 95.4. The van der Waals surface area contributed by atoms with Crippen molar-refractivity contribution in [3.8, 4) is 6.07 Å². The summed E-state index contributed by atoms with van der Waals surface area (Å²) in [6.45, 7) is 14.3. The first-order valence-corrected chi connectivity index (χ1v) is 40.4. The van der Waals surface area contributed by atoms with Crippen molar-refractivity contribution in [2.75, 3.05) is 142 Å². The maximum atomic E-state index is 13.2. The fourth-order valence-corrected chi connectivity index (χ4v) is 17.5. The maximum absolute atomic E-state index is 13.2. The predicted octanol–water partition coefficient (Wildman–Crippen LogP) is 11.8. The summed E-state index contributed by atoms with van der Waals surface area (Å²) in [6.07, 6.45) is 11.9. The molecule has 0 aliphatic carbocycles. The summed E-state index contributed by atoms with van der Waals surface area (Å²) in [5, 5.41) is 22.4. The molecule has 596 valence electrons. The zero-order chi connectivity index (χ0) is 81.2. The van der Waals surface area contributed by atoms with Crippen molar-refractivity contribution in [3.63, 3.8) is 0 Å². The molecule has 4 aromatic carbocycles. The molecule has 4 fully saturated rings. The van der Waals surface area contributed by atoms with E-state index in [0.717, 1.165) is 189 Å². The summed E-state index contributed by atoms with van der Waals surface area (Å²) in [7, 11) is 18.7. The molecule has 4 aliphatic heterocycles. The number of hydrogen-bond acceptors (Lipinski definition) is 20. The molecular weight excluding hydrogens is 1470 g/mol. The van der Waals surface area contributed by atoms with Gasteiger partial charge in [-0.05, 0) is 200 Å². The van der Waals surface area contributed by atoms with E-state index in [2.05, 4.69) is 152 Å². The SMILES string of the molecule is CC(C)NC(=O)c1cc2c(N3CC[C@@H](N(C)C)C3)ccnc2n2c1nc1ccccc12.CCNC(=O)c1cc2c(N3CC[C@@H](N(C)C)C3)ccnc2n2c1nc1ccccc12.CN(C)[C@@H]1CCN(c2ccnc3c2cc(C#N)c2nc4ccccc4n23)C1.CNC(=O)c1cc2c(N3CC[C@@H](N(C)C)C3)ccnc2n2c1nc1ccccc12. The second-order valence-electron chi connectivity index (χ2n) is 32.1. The maximum Gasteiger partial charge on any atom is 0.255 e. The number of amides is 3. The molecule has 0 spiro atoms. The Labute approximate surface area is 677 Å². The molecule has 20 rings (SSSR count). The first-order valence-electron chi connectivity index (χ1n) is 40.4. The number of pyridine rings is 8. The van der Waals surface area contributed by atoms with Gasteiger partial charge in [-0.2, -0.15) is 5.26 Å². The number of benzene rings is 4. The van der Waals surface area contributed by atoms with Crippen molar-refractivity contribution in [3.05, 3.63) is 193 Å². The lowest BCUT2D eigenvalue weighted by molar-refractivity contribution is 0.0939. The van der Waals surface area contributed by atoms with Crippen LogP contribution in [0.1, 0.15) is 83.1 Å². The number of nitrogens with zero attached hydrogens (tertiary/aromatic N) is 21. The number of aromatic nitrogens is 12. The minimum absolute atomic E-state index is 0.0421. The van der Waals surface area contributed by atoms with Gasteiger partial charge >= 0.3 is 0 Å². The van der Waals surface area contributed by atoms with Gasteiger partial charge < -0.3 is 55.1 Å². The summed E-state index contributed by atoms with van der Waals surface area (Å²) in [5.41, 5.74) is 20.0. The Morgan fingerprint density at radius 3 is 0.991 bits per heavy atom. The van der Waals surface area contributed by atoms with Gasteiger partial charge in [0, 0.05) is 165 Å². The zero-order valence-corrected chi connectivity index (χ0v) is 68.4. The highest BCUT2D eigenvalue weighted by Gasteiger charge is 2.33. The van der Waals surface area contributed by atoms with Crippen LogP contribution in [0.25, 0.3) is 111 Å². The van der Waals surface area contributed by atoms with Crippen LogP contribution in [0.3, 0.4) is 0 Å². The van der Waals surface area contributed by atoms with E-state index >= 15 is 0 Å². The highest BCUT2D eigenvalue weighted by Crippen LogP contribution is 2.39. The largest absolute Gasteiger partial charge is 0.369 e.